The van der Waals surface area contributed by atoms with Gasteiger partial charge in [-0.1, -0.05) is 17.7 Å². The first-order valence-corrected chi connectivity index (χ1v) is 6.72. The average Bonchev–Trinajstić information content (AvgIpc) is 2.81. The van der Waals surface area contributed by atoms with Gasteiger partial charge in [-0.2, -0.15) is 0 Å². The van der Waals surface area contributed by atoms with Crippen LogP contribution in [0.15, 0.2) is 12.1 Å². The molecule has 0 aliphatic carbocycles. The Hall–Kier alpha value is -0.900. The standard InChI is InChI=1S/C15H24N2O/c1-10-6-11(2)14(12(3)7-10)8-15(17-16)13-4-5-18-9-13/h6-7,13,15,17H,4-5,8-9,16H2,1-3H3. The van der Waals surface area contributed by atoms with Crippen molar-refractivity contribution >= 4 is 0 Å². The molecule has 0 bridgehead atoms. The van der Waals surface area contributed by atoms with E-state index in [1.54, 1.807) is 0 Å². The molecule has 18 heavy (non-hydrogen) atoms. The van der Waals surface area contributed by atoms with Crippen molar-refractivity contribution in [3.63, 3.8) is 0 Å². The van der Waals surface area contributed by atoms with Gasteiger partial charge in [0.15, 0.2) is 0 Å². The van der Waals surface area contributed by atoms with E-state index in [1.165, 1.54) is 22.3 Å². The van der Waals surface area contributed by atoms with Crippen molar-refractivity contribution in [1.82, 2.24) is 5.43 Å². The highest BCUT2D eigenvalue weighted by molar-refractivity contribution is 5.38. The van der Waals surface area contributed by atoms with E-state index in [1.807, 2.05) is 0 Å². The van der Waals surface area contributed by atoms with E-state index in [4.69, 9.17) is 10.6 Å². The molecule has 0 saturated carbocycles. The lowest BCUT2D eigenvalue weighted by molar-refractivity contribution is 0.176. The van der Waals surface area contributed by atoms with E-state index >= 15 is 0 Å². The third-order valence-electron chi connectivity index (χ3n) is 4.01. The predicted octanol–water partition coefficient (Wildman–Crippen LogP) is 2.02. The maximum atomic E-state index is 5.72. The molecule has 1 aliphatic heterocycles. The van der Waals surface area contributed by atoms with Gasteiger partial charge in [0.05, 0.1) is 6.61 Å². The Bertz CT molecular complexity index is 388. The summed E-state index contributed by atoms with van der Waals surface area (Å²) in [5.41, 5.74) is 8.47. The lowest BCUT2D eigenvalue weighted by Crippen LogP contribution is -2.43. The van der Waals surface area contributed by atoms with Gasteiger partial charge >= 0.3 is 0 Å². The van der Waals surface area contributed by atoms with E-state index in [0.717, 1.165) is 26.1 Å². The molecule has 100 valence electrons. The zero-order chi connectivity index (χ0) is 13.1. The van der Waals surface area contributed by atoms with Crippen LogP contribution in [0.2, 0.25) is 0 Å². The summed E-state index contributed by atoms with van der Waals surface area (Å²) >= 11 is 0. The van der Waals surface area contributed by atoms with Crippen LogP contribution in [0.4, 0.5) is 0 Å². The molecule has 1 saturated heterocycles. The Morgan fingerprint density at radius 2 is 2.00 bits per heavy atom. The first kappa shape index (κ1) is 13.5. The lowest BCUT2D eigenvalue weighted by Gasteiger charge is -2.23. The van der Waals surface area contributed by atoms with Gasteiger partial charge in [0.2, 0.25) is 0 Å². The molecule has 2 rings (SSSR count). The maximum Gasteiger partial charge on any atom is 0.0510 e. The molecular weight excluding hydrogens is 224 g/mol. The minimum Gasteiger partial charge on any atom is -0.381 e. The molecule has 1 aromatic rings. The summed E-state index contributed by atoms with van der Waals surface area (Å²) in [5, 5.41) is 0. The fraction of sp³-hybridized carbons (Fsp3) is 0.600. The lowest BCUT2D eigenvalue weighted by atomic mass is 9.89. The topological polar surface area (TPSA) is 47.3 Å². The first-order chi connectivity index (χ1) is 8.61. The van der Waals surface area contributed by atoms with Crippen molar-refractivity contribution in [2.75, 3.05) is 13.2 Å². The number of rotatable bonds is 4. The van der Waals surface area contributed by atoms with Gasteiger partial charge in [0.1, 0.15) is 0 Å². The van der Waals surface area contributed by atoms with Crippen LogP contribution in [0.1, 0.15) is 28.7 Å². The Balaban J connectivity index is 2.16. The summed E-state index contributed by atoms with van der Waals surface area (Å²) in [4.78, 5) is 0. The van der Waals surface area contributed by atoms with Crippen LogP contribution in [0, 0.1) is 26.7 Å². The molecule has 1 aromatic carbocycles. The SMILES string of the molecule is Cc1cc(C)c(CC(NN)C2CCOC2)c(C)c1. The van der Waals surface area contributed by atoms with Crippen molar-refractivity contribution < 1.29 is 4.74 Å². The van der Waals surface area contributed by atoms with Crippen LogP contribution < -0.4 is 11.3 Å². The highest BCUT2D eigenvalue weighted by Crippen LogP contribution is 2.23. The van der Waals surface area contributed by atoms with Gasteiger partial charge < -0.3 is 4.74 Å². The van der Waals surface area contributed by atoms with Crippen LogP contribution in [0.5, 0.6) is 0 Å². The smallest absolute Gasteiger partial charge is 0.0510 e. The highest BCUT2D eigenvalue weighted by atomic mass is 16.5. The summed E-state index contributed by atoms with van der Waals surface area (Å²) in [5.74, 6) is 6.26. The van der Waals surface area contributed by atoms with Crippen LogP contribution in [0.3, 0.4) is 0 Å². The molecule has 1 heterocycles. The third kappa shape index (κ3) is 2.91. The number of nitrogens with two attached hydrogens (primary N) is 1. The fourth-order valence-corrected chi connectivity index (χ4v) is 2.98. The van der Waals surface area contributed by atoms with E-state index in [-0.39, 0.29) is 0 Å². The summed E-state index contributed by atoms with van der Waals surface area (Å²) < 4.78 is 5.46. The van der Waals surface area contributed by atoms with Crippen molar-refractivity contribution in [3.8, 4) is 0 Å². The van der Waals surface area contributed by atoms with Crippen LogP contribution in [0.25, 0.3) is 0 Å². The van der Waals surface area contributed by atoms with Crippen molar-refractivity contribution in [2.45, 2.75) is 39.7 Å². The zero-order valence-corrected chi connectivity index (χ0v) is 11.6. The van der Waals surface area contributed by atoms with Gasteiger partial charge in [-0.25, -0.2) is 0 Å². The predicted molar refractivity (Wildman–Crippen MR) is 74.4 cm³/mol. The Labute approximate surface area is 110 Å². The second-order valence-electron chi connectivity index (χ2n) is 5.48. The minimum atomic E-state index is 0.313. The monoisotopic (exact) mass is 248 g/mol. The van der Waals surface area contributed by atoms with Gasteiger partial charge in [0, 0.05) is 18.6 Å². The number of nitrogens with one attached hydrogen (secondary N) is 1. The Kier molecular flexibility index (Phi) is 4.38. The van der Waals surface area contributed by atoms with E-state index < -0.39 is 0 Å². The molecule has 0 amide bonds. The summed E-state index contributed by atoms with van der Waals surface area (Å²) in [6.45, 7) is 8.23. The zero-order valence-electron chi connectivity index (χ0n) is 11.6. The Morgan fingerprint density at radius 3 is 2.50 bits per heavy atom. The normalized spacial score (nSPS) is 21.2. The van der Waals surface area contributed by atoms with Gasteiger partial charge in [-0.05, 0) is 50.3 Å². The van der Waals surface area contributed by atoms with Crippen molar-refractivity contribution in [1.29, 1.82) is 0 Å². The molecular formula is C15H24N2O. The van der Waals surface area contributed by atoms with E-state index in [9.17, 15) is 0 Å². The summed E-state index contributed by atoms with van der Waals surface area (Å²) in [6, 6.07) is 4.81. The third-order valence-corrected chi connectivity index (χ3v) is 4.01. The molecule has 3 nitrogen and oxygen atoms in total. The summed E-state index contributed by atoms with van der Waals surface area (Å²) in [7, 11) is 0. The van der Waals surface area contributed by atoms with E-state index in [2.05, 4.69) is 38.3 Å². The molecule has 3 heteroatoms. The molecule has 0 spiro atoms. The number of hydrogen-bond acceptors (Lipinski definition) is 3. The molecule has 0 radical (unpaired) electrons. The number of benzene rings is 1. The fourth-order valence-electron chi connectivity index (χ4n) is 2.98. The van der Waals surface area contributed by atoms with Crippen LogP contribution in [-0.2, 0) is 11.2 Å². The highest BCUT2D eigenvalue weighted by Gasteiger charge is 2.25. The molecule has 3 N–H and O–H groups in total. The van der Waals surface area contributed by atoms with Gasteiger partial charge in [0.25, 0.3) is 0 Å². The van der Waals surface area contributed by atoms with Crippen molar-refractivity contribution in [3.05, 3.63) is 34.4 Å². The van der Waals surface area contributed by atoms with Crippen molar-refractivity contribution in [2.24, 2.45) is 11.8 Å². The first-order valence-electron chi connectivity index (χ1n) is 6.72. The number of hydrazine groups is 1. The van der Waals surface area contributed by atoms with Crippen LogP contribution in [-0.4, -0.2) is 19.3 Å². The molecule has 2 unspecified atom stereocenters. The second-order valence-corrected chi connectivity index (χ2v) is 5.48. The minimum absolute atomic E-state index is 0.313. The van der Waals surface area contributed by atoms with Gasteiger partial charge in [-0.15, -0.1) is 0 Å². The summed E-state index contributed by atoms with van der Waals surface area (Å²) in [6.07, 6.45) is 2.10. The Morgan fingerprint density at radius 1 is 1.33 bits per heavy atom. The molecule has 0 aromatic heterocycles. The maximum absolute atomic E-state index is 5.72. The molecule has 1 aliphatic rings. The van der Waals surface area contributed by atoms with Gasteiger partial charge in [-0.3, -0.25) is 11.3 Å². The number of hydrogen-bond donors (Lipinski definition) is 2. The van der Waals surface area contributed by atoms with E-state index in [0.29, 0.717) is 12.0 Å². The molecule has 2 atom stereocenters. The quantitative estimate of drug-likeness (QED) is 0.633. The number of aryl methyl sites for hydroxylation is 3. The van der Waals surface area contributed by atoms with Crippen LogP contribution >= 0.6 is 0 Å². The second kappa shape index (κ2) is 5.83. The number of ether oxygens (including phenoxy) is 1. The average molecular weight is 248 g/mol. The molecule has 1 fully saturated rings. The largest absolute Gasteiger partial charge is 0.381 e.